The standard InChI is InChI=1S/C39H58F3N7O4.C16H11FN2O2.2C3H8.CH2O/c1-44-17-21-47(22-18-44)34(50)28-45-15-12-29(13-16-45)26-46-19-23-48(24-20-46)37(52)35(30-7-3-2-4-8-30)43-36(51)32-10-5-9-31(25-32)33-11-6-14-49(27-33)38(53)39(40,41)42;17-14-6-5-10(7-11(14)9-20)8-15-12-3-1-2-4-13(12)16(21)19-18-15;2*1-3-2;1-2/h5,9-10,25,29-30,33,35H,2-4,6-8,11-24,26-28H2,1H3,(H,43,51);1-7,9H,8H2,(H,19,21);2*3H2,1-2H3;1H2. The van der Waals surface area contributed by atoms with Crippen molar-refractivity contribution in [3.63, 3.8) is 0 Å². The van der Waals surface area contributed by atoms with E-state index in [9.17, 15) is 46.3 Å². The van der Waals surface area contributed by atoms with Gasteiger partial charge in [-0.3, -0.25) is 38.6 Å². The van der Waals surface area contributed by atoms with Crippen molar-refractivity contribution in [1.29, 1.82) is 0 Å². The fraction of sp³-hybridized carbons (Fsp3) is 0.581. The fourth-order valence-corrected chi connectivity index (χ4v) is 11.3. The van der Waals surface area contributed by atoms with Crippen LogP contribution in [0, 0.1) is 17.7 Å². The van der Waals surface area contributed by atoms with Gasteiger partial charge >= 0.3 is 12.1 Å². The third-order valence-electron chi connectivity index (χ3n) is 15.7. The van der Waals surface area contributed by atoms with Crippen LogP contribution in [-0.2, 0) is 25.6 Å². The zero-order valence-electron chi connectivity index (χ0n) is 48.8. The van der Waals surface area contributed by atoms with Crippen LogP contribution in [0.4, 0.5) is 17.6 Å². The second-order valence-electron chi connectivity index (χ2n) is 22.2. The molecule has 0 spiro atoms. The van der Waals surface area contributed by atoms with Gasteiger partial charge in [0.15, 0.2) is 6.29 Å². The number of halogens is 4. The van der Waals surface area contributed by atoms with Gasteiger partial charge in [0, 0.05) is 95.3 Å². The molecule has 5 aliphatic rings. The van der Waals surface area contributed by atoms with Gasteiger partial charge in [-0.05, 0) is 112 Å². The molecule has 4 saturated heterocycles. The van der Waals surface area contributed by atoms with E-state index >= 15 is 0 Å². The number of amides is 4. The summed E-state index contributed by atoms with van der Waals surface area (Å²) in [5, 5.41) is 10.9. The highest BCUT2D eigenvalue weighted by atomic mass is 19.4. The molecule has 0 bridgehead atoms. The number of nitrogens with zero attached hydrogens (tertiary/aromatic N) is 7. The Bertz CT molecular complexity index is 2710. The van der Waals surface area contributed by atoms with Crippen LogP contribution in [0.1, 0.15) is 142 Å². The molecule has 2 unspecified atom stereocenters. The first-order valence-corrected chi connectivity index (χ1v) is 29.4. The monoisotopic (exact) mass is 1150 g/mol. The molecule has 20 heteroatoms. The first-order chi connectivity index (χ1) is 39.5. The first kappa shape index (κ1) is 66.4. The molecule has 4 aromatic rings. The molecule has 2 N–H and O–H groups in total. The number of alkyl halides is 3. The van der Waals surface area contributed by atoms with E-state index in [1.54, 1.807) is 42.5 Å². The number of hydrogen-bond donors (Lipinski definition) is 2. The Morgan fingerprint density at radius 3 is 2.00 bits per heavy atom. The number of piperidine rings is 2. The van der Waals surface area contributed by atoms with Gasteiger partial charge in [0.1, 0.15) is 18.6 Å². The van der Waals surface area contributed by atoms with Gasteiger partial charge in [-0.15, -0.1) is 0 Å². The van der Waals surface area contributed by atoms with Crippen LogP contribution >= 0.6 is 0 Å². The first-order valence-electron chi connectivity index (χ1n) is 29.4. The lowest BCUT2D eigenvalue weighted by Crippen LogP contribution is -2.57. The molecule has 2 atom stereocenters. The number of likely N-dealkylation sites (tertiary alicyclic amines) is 2. The summed E-state index contributed by atoms with van der Waals surface area (Å²) in [6, 6.07) is 17.8. The average Bonchev–Trinajstić information content (AvgIpc) is 3.64. The normalized spacial score (nSPS) is 18.9. The maximum absolute atomic E-state index is 14.1. The number of aromatic nitrogens is 2. The molecule has 5 heterocycles. The van der Waals surface area contributed by atoms with E-state index in [4.69, 9.17) is 4.79 Å². The number of aromatic amines is 1. The maximum Gasteiger partial charge on any atom is 0.471 e. The Balaban J connectivity index is 0.000000350. The number of benzene rings is 3. The lowest BCUT2D eigenvalue weighted by atomic mass is 9.83. The van der Waals surface area contributed by atoms with E-state index in [2.05, 4.69) is 65.0 Å². The quantitative estimate of drug-likeness (QED) is 0.103. The highest BCUT2D eigenvalue weighted by Gasteiger charge is 2.44. The van der Waals surface area contributed by atoms with E-state index in [1.807, 2.05) is 28.7 Å². The van der Waals surface area contributed by atoms with E-state index in [-0.39, 0.29) is 53.8 Å². The predicted octanol–water partition coefficient (Wildman–Crippen LogP) is 8.38. The second-order valence-corrected chi connectivity index (χ2v) is 22.2. The number of piperazine rings is 2. The molecule has 1 aromatic heterocycles. The summed E-state index contributed by atoms with van der Waals surface area (Å²) in [5.74, 6) is -2.21. The molecule has 450 valence electrons. The van der Waals surface area contributed by atoms with Crippen LogP contribution in [0.15, 0.2) is 71.5 Å². The van der Waals surface area contributed by atoms with Gasteiger partial charge in [0.05, 0.1) is 23.2 Å². The number of rotatable bonds is 12. The molecule has 5 fully saturated rings. The largest absolute Gasteiger partial charge is 0.471 e. The molecule has 4 aliphatic heterocycles. The summed E-state index contributed by atoms with van der Waals surface area (Å²) in [6.07, 6.45) is 6.59. The highest BCUT2D eigenvalue weighted by molar-refractivity contribution is 5.98. The predicted molar refractivity (Wildman–Crippen MR) is 311 cm³/mol. The maximum atomic E-state index is 14.1. The van der Waals surface area contributed by atoms with Gasteiger partial charge in [-0.25, -0.2) is 9.49 Å². The van der Waals surface area contributed by atoms with Crippen LogP contribution in [0.2, 0.25) is 0 Å². The lowest BCUT2D eigenvalue weighted by molar-refractivity contribution is -0.186. The second kappa shape index (κ2) is 33.7. The summed E-state index contributed by atoms with van der Waals surface area (Å²) in [5.41, 5.74) is 2.29. The summed E-state index contributed by atoms with van der Waals surface area (Å²) in [4.78, 5) is 94.9. The molecular formula is C62H87F4N9O7. The van der Waals surface area contributed by atoms with E-state index in [0.29, 0.717) is 67.7 Å². The molecule has 1 saturated carbocycles. The van der Waals surface area contributed by atoms with Crippen molar-refractivity contribution in [3.8, 4) is 0 Å². The molecule has 16 nitrogen and oxygen atoms in total. The number of aldehydes is 1. The Kier molecular flexibility index (Phi) is 27.3. The molecule has 1 aliphatic carbocycles. The third-order valence-corrected chi connectivity index (χ3v) is 15.7. The van der Waals surface area contributed by atoms with E-state index in [1.165, 1.54) is 25.0 Å². The Hall–Kier alpha value is -6.38. The van der Waals surface area contributed by atoms with Crippen molar-refractivity contribution in [2.24, 2.45) is 11.8 Å². The summed E-state index contributed by atoms with van der Waals surface area (Å²) in [7, 11) is 2.09. The van der Waals surface area contributed by atoms with Crippen molar-refractivity contribution in [3.05, 3.63) is 111 Å². The van der Waals surface area contributed by atoms with Gasteiger partial charge in [-0.1, -0.05) is 96.2 Å². The van der Waals surface area contributed by atoms with Gasteiger partial charge < -0.3 is 29.7 Å². The van der Waals surface area contributed by atoms with Gasteiger partial charge in [-0.2, -0.15) is 18.3 Å². The third kappa shape index (κ3) is 19.6. The van der Waals surface area contributed by atoms with Crippen LogP contribution in [0.5, 0.6) is 0 Å². The lowest BCUT2D eigenvalue weighted by Gasteiger charge is -2.41. The van der Waals surface area contributed by atoms with E-state index < -0.39 is 23.9 Å². The summed E-state index contributed by atoms with van der Waals surface area (Å²) >= 11 is 0. The van der Waals surface area contributed by atoms with Crippen molar-refractivity contribution in [2.45, 2.75) is 123 Å². The minimum absolute atomic E-state index is 0.0150. The zero-order valence-corrected chi connectivity index (χ0v) is 48.8. The Morgan fingerprint density at radius 2 is 1.37 bits per heavy atom. The van der Waals surface area contributed by atoms with Gasteiger partial charge in [0.25, 0.3) is 11.5 Å². The van der Waals surface area contributed by atoms with Crippen LogP contribution < -0.4 is 10.9 Å². The molecule has 9 rings (SSSR count). The number of hydrogen-bond acceptors (Lipinski definition) is 11. The zero-order chi connectivity index (χ0) is 59.8. The summed E-state index contributed by atoms with van der Waals surface area (Å²) in [6.45, 7) is 20.2. The number of carbonyl (C=O) groups excluding carboxylic acids is 6. The number of fused-ring (bicyclic) bond motifs is 1. The van der Waals surface area contributed by atoms with Gasteiger partial charge in [0.2, 0.25) is 11.8 Å². The molecule has 82 heavy (non-hydrogen) atoms. The smallest absolute Gasteiger partial charge is 0.340 e. The van der Waals surface area contributed by atoms with E-state index in [0.717, 1.165) is 125 Å². The molecule has 3 aromatic carbocycles. The average molecular weight is 1150 g/mol. The Labute approximate surface area is 481 Å². The van der Waals surface area contributed by atoms with Crippen molar-refractivity contribution in [1.82, 2.24) is 44.9 Å². The van der Waals surface area contributed by atoms with Crippen molar-refractivity contribution in [2.75, 3.05) is 98.7 Å². The van der Waals surface area contributed by atoms with Crippen molar-refractivity contribution >= 4 is 47.5 Å². The Morgan fingerprint density at radius 1 is 0.732 bits per heavy atom. The minimum Gasteiger partial charge on any atom is -0.340 e. The number of likely N-dealkylation sites (N-methyl/N-ethyl adjacent to an activating group) is 1. The summed E-state index contributed by atoms with van der Waals surface area (Å²) < 4.78 is 52.7. The minimum atomic E-state index is -4.91. The molecular weight excluding hydrogens is 1060 g/mol. The van der Waals surface area contributed by atoms with Crippen LogP contribution in [-0.4, -0.2) is 187 Å². The number of nitrogens with one attached hydrogen (secondary N) is 2. The van der Waals surface area contributed by atoms with Crippen LogP contribution in [0.25, 0.3) is 10.8 Å². The fourth-order valence-electron chi connectivity index (χ4n) is 11.3. The highest BCUT2D eigenvalue weighted by Crippen LogP contribution is 2.32. The molecule has 4 amide bonds. The SMILES string of the molecule is C=O.CCC.CCC.CN1CCN(C(=O)CN2CCC(CN3CCN(C(=O)C(NC(=O)c4cccc(C5CCCN(C(=O)C(F)(F)F)C5)c4)C4CCCCC4)CC3)CC2)CC1.O=Cc1cc(Cc2n[nH]c(=O)c3ccccc23)ccc1F. The van der Waals surface area contributed by atoms with Crippen LogP contribution in [0.3, 0.4) is 0 Å². The molecule has 0 radical (unpaired) electrons. The number of carbonyl (C=O) groups is 6. The topological polar surface area (TPSA) is 180 Å². The number of H-pyrrole nitrogens is 1. The van der Waals surface area contributed by atoms with Crippen molar-refractivity contribution < 1.29 is 46.3 Å².